The maximum Gasteiger partial charge on any atom is 0.251 e. The lowest BCUT2D eigenvalue weighted by molar-refractivity contribution is 0.0955. The number of hydrogen-bond acceptors (Lipinski definition) is 6. The highest BCUT2D eigenvalue weighted by molar-refractivity contribution is 5.94. The van der Waals surface area contributed by atoms with Crippen molar-refractivity contribution < 1.29 is 9.53 Å². The van der Waals surface area contributed by atoms with Gasteiger partial charge in [0.2, 0.25) is 0 Å². The van der Waals surface area contributed by atoms with E-state index in [2.05, 4.69) is 32.6 Å². The molecule has 158 valence electrons. The van der Waals surface area contributed by atoms with Crippen LogP contribution in [0.4, 0.5) is 5.82 Å². The van der Waals surface area contributed by atoms with Gasteiger partial charge in [0, 0.05) is 30.9 Å². The van der Waals surface area contributed by atoms with Gasteiger partial charge in [0.05, 0.1) is 12.3 Å². The summed E-state index contributed by atoms with van der Waals surface area (Å²) in [5.74, 6) is 2.02. The van der Waals surface area contributed by atoms with Gasteiger partial charge in [-0.2, -0.15) is 5.10 Å². The van der Waals surface area contributed by atoms with Crippen LogP contribution in [0.2, 0.25) is 0 Å². The molecule has 0 fully saturated rings. The number of rotatable bonds is 11. The molecule has 2 aromatic heterocycles. The van der Waals surface area contributed by atoms with E-state index in [4.69, 9.17) is 4.74 Å². The first-order valence-electron chi connectivity index (χ1n) is 10.3. The predicted octanol–water partition coefficient (Wildman–Crippen LogP) is 3.38. The average Bonchev–Trinajstić information content (AvgIpc) is 3.21. The minimum Gasteiger partial charge on any atom is -0.494 e. The fraction of sp³-hybridized carbons (Fsp3) is 0.364. The molecule has 0 spiro atoms. The van der Waals surface area contributed by atoms with Crippen molar-refractivity contribution >= 4 is 11.7 Å². The van der Waals surface area contributed by atoms with E-state index < -0.39 is 0 Å². The summed E-state index contributed by atoms with van der Waals surface area (Å²) in [5, 5.41) is 10.4. The van der Waals surface area contributed by atoms with Crippen molar-refractivity contribution in [2.24, 2.45) is 0 Å². The zero-order valence-electron chi connectivity index (χ0n) is 17.5. The van der Waals surface area contributed by atoms with Crippen LogP contribution in [0.25, 0.3) is 5.82 Å². The van der Waals surface area contributed by atoms with E-state index in [0.29, 0.717) is 36.9 Å². The maximum absolute atomic E-state index is 12.3. The van der Waals surface area contributed by atoms with Gasteiger partial charge in [0.25, 0.3) is 5.91 Å². The summed E-state index contributed by atoms with van der Waals surface area (Å²) in [6.07, 6.45) is 6.71. The van der Waals surface area contributed by atoms with Crippen molar-refractivity contribution in [3.8, 4) is 11.6 Å². The minimum absolute atomic E-state index is 0.121. The number of nitrogens with one attached hydrogen (secondary N) is 2. The summed E-state index contributed by atoms with van der Waals surface area (Å²) in [6.45, 7) is 5.80. The highest BCUT2D eigenvalue weighted by Crippen LogP contribution is 2.13. The second-order valence-electron chi connectivity index (χ2n) is 6.93. The molecule has 8 nitrogen and oxygen atoms in total. The van der Waals surface area contributed by atoms with E-state index >= 15 is 0 Å². The molecule has 2 N–H and O–H groups in total. The SMILES string of the molecule is CCCCCOc1ccc(C(=O)NCCNc2cc(-n3ccc(C)n3)ncn2)cc1. The zero-order valence-corrected chi connectivity index (χ0v) is 17.5. The third kappa shape index (κ3) is 6.30. The van der Waals surface area contributed by atoms with Crippen LogP contribution in [0, 0.1) is 6.92 Å². The van der Waals surface area contributed by atoms with Gasteiger partial charge in [-0.25, -0.2) is 14.6 Å². The van der Waals surface area contributed by atoms with Crippen LogP contribution in [0.15, 0.2) is 48.9 Å². The molecule has 1 amide bonds. The van der Waals surface area contributed by atoms with Crippen molar-refractivity contribution in [1.82, 2.24) is 25.1 Å². The zero-order chi connectivity index (χ0) is 21.2. The van der Waals surface area contributed by atoms with Gasteiger partial charge in [-0.1, -0.05) is 19.8 Å². The molecule has 0 atom stereocenters. The molecule has 3 rings (SSSR count). The molecule has 8 heteroatoms. The molecular weight excluding hydrogens is 380 g/mol. The van der Waals surface area contributed by atoms with Crippen LogP contribution in [-0.4, -0.2) is 45.4 Å². The average molecular weight is 409 g/mol. The van der Waals surface area contributed by atoms with Crippen LogP contribution in [0.5, 0.6) is 5.75 Å². The summed E-state index contributed by atoms with van der Waals surface area (Å²) >= 11 is 0. The van der Waals surface area contributed by atoms with E-state index in [1.54, 1.807) is 16.8 Å². The highest BCUT2D eigenvalue weighted by Gasteiger charge is 2.06. The number of aromatic nitrogens is 4. The second-order valence-corrected chi connectivity index (χ2v) is 6.93. The van der Waals surface area contributed by atoms with E-state index in [0.717, 1.165) is 24.3 Å². The van der Waals surface area contributed by atoms with Crippen molar-refractivity contribution in [3.05, 3.63) is 60.2 Å². The molecule has 0 saturated carbocycles. The Hall–Kier alpha value is -3.42. The monoisotopic (exact) mass is 408 g/mol. The number of nitrogens with zero attached hydrogens (tertiary/aromatic N) is 4. The number of anilines is 1. The lowest BCUT2D eigenvalue weighted by Gasteiger charge is -2.09. The fourth-order valence-electron chi connectivity index (χ4n) is 2.82. The maximum atomic E-state index is 12.3. The van der Waals surface area contributed by atoms with Gasteiger partial charge < -0.3 is 15.4 Å². The van der Waals surface area contributed by atoms with Gasteiger partial charge in [-0.3, -0.25) is 4.79 Å². The third-order valence-corrected chi connectivity index (χ3v) is 4.46. The molecule has 0 saturated heterocycles. The topological polar surface area (TPSA) is 94.0 Å². The predicted molar refractivity (Wildman–Crippen MR) is 116 cm³/mol. The van der Waals surface area contributed by atoms with E-state index in [1.807, 2.05) is 37.4 Å². The van der Waals surface area contributed by atoms with Crippen molar-refractivity contribution in [3.63, 3.8) is 0 Å². The molecule has 2 heterocycles. The van der Waals surface area contributed by atoms with Gasteiger partial charge in [0.1, 0.15) is 17.9 Å². The molecule has 0 aliphatic heterocycles. The number of ether oxygens (including phenoxy) is 1. The van der Waals surface area contributed by atoms with Gasteiger partial charge in [-0.15, -0.1) is 0 Å². The number of unbranched alkanes of at least 4 members (excludes halogenated alkanes) is 2. The van der Waals surface area contributed by atoms with E-state index in [9.17, 15) is 4.79 Å². The van der Waals surface area contributed by atoms with Crippen molar-refractivity contribution in [2.75, 3.05) is 25.0 Å². The molecule has 0 bridgehead atoms. The Morgan fingerprint density at radius 3 is 2.67 bits per heavy atom. The summed E-state index contributed by atoms with van der Waals surface area (Å²) < 4.78 is 7.37. The number of benzene rings is 1. The molecule has 0 radical (unpaired) electrons. The van der Waals surface area contributed by atoms with E-state index in [-0.39, 0.29) is 5.91 Å². The summed E-state index contributed by atoms with van der Waals surface area (Å²) in [5.41, 5.74) is 1.52. The van der Waals surface area contributed by atoms with Crippen LogP contribution < -0.4 is 15.4 Å². The largest absolute Gasteiger partial charge is 0.494 e. The fourth-order valence-corrected chi connectivity index (χ4v) is 2.82. The Bertz CT molecular complexity index is 939. The second kappa shape index (κ2) is 10.9. The van der Waals surface area contributed by atoms with E-state index in [1.165, 1.54) is 12.7 Å². The quantitative estimate of drug-likeness (QED) is 0.473. The Kier molecular flexibility index (Phi) is 7.77. The number of hydrogen-bond donors (Lipinski definition) is 2. The Morgan fingerprint density at radius 1 is 1.10 bits per heavy atom. The summed E-state index contributed by atoms with van der Waals surface area (Å²) in [4.78, 5) is 20.7. The van der Waals surface area contributed by atoms with Gasteiger partial charge in [0.15, 0.2) is 5.82 Å². The molecule has 30 heavy (non-hydrogen) atoms. The van der Waals surface area contributed by atoms with Crippen LogP contribution in [0.3, 0.4) is 0 Å². The number of aryl methyl sites for hydroxylation is 1. The van der Waals surface area contributed by atoms with Crippen LogP contribution in [-0.2, 0) is 0 Å². The molecular formula is C22H28N6O2. The minimum atomic E-state index is -0.121. The summed E-state index contributed by atoms with van der Waals surface area (Å²) in [7, 11) is 0. The van der Waals surface area contributed by atoms with Gasteiger partial charge >= 0.3 is 0 Å². The Balaban J connectivity index is 1.41. The van der Waals surface area contributed by atoms with Crippen molar-refractivity contribution in [2.45, 2.75) is 33.1 Å². The number of carbonyl (C=O) groups is 1. The molecule has 0 aliphatic carbocycles. The first-order valence-corrected chi connectivity index (χ1v) is 10.3. The number of amides is 1. The van der Waals surface area contributed by atoms with Crippen LogP contribution >= 0.6 is 0 Å². The first-order chi connectivity index (χ1) is 14.7. The molecule has 0 unspecified atom stereocenters. The molecule has 1 aromatic carbocycles. The first kappa shape index (κ1) is 21.3. The Labute approximate surface area is 176 Å². The smallest absolute Gasteiger partial charge is 0.251 e. The van der Waals surface area contributed by atoms with Crippen LogP contribution in [0.1, 0.15) is 42.2 Å². The molecule has 3 aromatic rings. The lowest BCUT2D eigenvalue weighted by atomic mass is 10.2. The highest BCUT2D eigenvalue weighted by atomic mass is 16.5. The van der Waals surface area contributed by atoms with Gasteiger partial charge in [-0.05, 0) is 43.7 Å². The number of carbonyl (C=O) groups excluding carboxylic acids is 1. The molecule has 0 aliphatic rings. The standard InChI is InChI=1S/C22H28N6O2/c1-3-4-5-14-30-19-8-6-18(7-9-19)22(29)24-12-11-23-20-15-21(26-16-25-20)28-13-10-17(2)27-28/h6-10,13,15-16H,3-5,11-12,14H2,1-2H3,(H,24,29)(H,23,25,26). The van der Waals surface area contributed by atoms with Crippen molar-refractivity contribution in [1.29, 1.82) is 0 Å². The normalized spacial score (nSPS) is 10.6. The lowest BCUT2D eigenvalue weighted by Crippen LogP contribution is -2.28. The third-order valence-electron chi connectivity index (χ3n) is 4.46. The Morgan fingerprint density at radius 2 is 1.93 bits per heavy atom. The summed E-state index contributed by atoms with van der Waals surface area (Å²) in [6, 6.07) is 10.9.